The zero-order valence-corrected chi connectivity index (χ0v) is 7.17. The van der Waals surface area contributed by atoms with Crippen LogP contribution in [0.1, 0.15) is 23.6 Å². The Labute approximate surface area is 72.2 Å². The Kier molecular flexibility index (Phi) is 1.77. The van der Waals surface area contributed by atoms with Gasteiger partial charge in [-0.2, -0.15) is 0 Å². The maximum atomic E-state index is 9.28. The van der Waals surface area contributed by atoms with Gasteiger partial charge in [-0.05, 0) is 43.1 Å². The van der Waals surface area contributed by atoms with Crippen molar-refractivity contribution in [1.82, 2.24) is 5.32 Å². The molecule has 0 saturated carbocycles. The highest BCUT2D eigenvalue weighted by Gasteiger charge is 2.20. The molecule has 1 atom stereocenters. The average molecular weight is 163 g/mol. The first-order valence-corrected chi connectivity index (χ1v) is 4.30. The van der Waals surface area contributed by atoms with E-state index in [2.05, 4.69) is 5.32 Å². The number of hydrogen-bond donors (Lipinski definition) is 2. The van der Waals surface area contributed by atoms with Gasteiger partial charge in [0.15, 0.2) is 0 Å². The van der Waals surface area contributed by atoms with Crippen molar-refractivity contribution in [3.8, 4) is 5.75 Å². The highest BCUT2D eigenvalue weighted by Crippen LogP contribution is 2.32. The first-order valence-electron chi connectivity index (χ1n) is 4.30. The summed E-state index contributed by atoms with van der Waals surface area (Å²) in [6.07, 6.45) is 2.27. The molecule has 1 aromatic rings. The van der Waals surface area contributed by atoms with Gasteiger partial charge in [0.05, 0.1) is 0 Å². The number of aryl methyl sites for hydroxylation is 1. The number of phenols is 1. The fourth-order valence-corrected chi connectivity index (χ4v) is 1.89. The lowest BCUT2D eigenvalue weighted by atomic mass is 10.1. The Balaban J connectivity index is 2.42. The SMILES string of the molecule is CN[C@H]1CCc2ccc(O)cc21. The second-order valence-corrected chi connectivity index (χ2v) is 3.26. The molecule has 0 amide bonds. The van der Waals surface area contributed by atoms with Crippen LogP contribution in [0.5, 0.6) is 5.75 Å². The third kappa shape index (κ3) is 1.08. The van der Waals surface area contributed by atoms with Crippen molar-refractivity contribution < 1.29 is 5.11 Å². The van der Waals surface area contributed by atoms with E-state index in [1.165, 1.54) is 11.1 Å². The minimum Gasteiger partial charge on any atom is -0.508 e. The molecule has 2 rings (SSSR count). The molecule has 0 bridgehead atoms. The molecule has 0 saturated heterocycles. The van der Waals surface area contributed by atoms with E-state index < -0.39 is 0 Å². The van der Waals surface area contributed by atoms with Crippen LogP contribution in [0.15, 0.2) is 18.2 Å². The fraction of sp³-hybridized carbons (Fsp3) is 0.400. The Morgan fingerprint density at radius 2 is 2.33 bits per heavy atom. The number of benzene rings is 1. The minimum absolute atomic E-state index is 0.371. The summed E-state index contributed by atoms with van der Waals surface area (Å²) in [6, 6.07) is 6.08. The third-order valence-electron chi connectivity index (χ3n) is 2.56. The van der Waals surface area contributed by atoms with Gasteiger partial charge in [0, 0.05) is 6.04 Å². The van der Waals surface area contributed by atoms with Gasteiger partial charge in [-0.15, -0.1) is 0 Å². The minimum atomic E-state index is 0.371. The van der Waals surface area contributed by atoms with Crippen LogP contribution in [0, 0.1) is 0 Å². The van der Waals surface area contributed by atoms with E-state index >= 15 is 0 Å². The Hall–Kier alpha value is -1.02. The summed E-state index contributed by atoms with van der Waals surface area (Å²) >= 11 is 0. The van der Waals surface area contributed by atoms with Crippen molar-refractivity contribution >= 4 is 0 Å². The van der Waals surface area contributed by atoms with Crippen molar-refractivity contribution in [2.24, 2.45) is 0 Å². The number of fused-ring (bicyclic) bond motifs is 1. The third-order valence-corrected chi connectivity index (χ3v) is 2.56. The van der Waals surface area contributed by atoms with Crippen LogP contribution in [0.2, 0.25) is 0 Å². The van der Waals surface area contributed by atoms with E-state index in [4.69, 9.17) is 0 Å². The monoisotopic (exact) mass is 163 g/mol. The van der Waals surface area contributed by atoms with Crippen LogP contribution in [0.25, 0.3) is 0 Å². The van der Waals surface area contributed by atoms with Crippen molar-refractivity contribution in [2.75, 3.05) is 7.05 Å². The van der Waals surface area contributed by atoms with E-state index in [1.807, 2.05) is 19.2 Å². The van der Waals surface area contributed by atoms with E-state index in [0.29, 0.717) is 11.8 Å². The molecular weight excluding hydrogens is 150 g/mol. The summed E-state index contributed by atoms with van der Waals surface area (Å²) < 4.78 is 0. The van der Waals surface area contributed by atoms with E-state index in [-0.39, 0.29) is 0 Å². The molecular formula is C10H13NO. The van der Waals surface area contributed by atoms with Gasteiger partial charge in [-0.25, -0.2) is 0 Å². The molecule has 12 heavy (non-hydrogen) atoms. The van der Waals surface area contributed by atoms with Gasteiger partial charge >= 0.3 is 0 Å². The summed E-state index contributed by atoms with van der Waals surface area (Å²) in [7, 11) is 1.96. The number of phenolic OH excluding ortho intramolecular Hbond substituents is 1. The molecule has 1 aliphatic rings. The maximum Gasteiger partial charge on any atom is 0.115 e. The number of nitrogens with one attached hydrogen (secondary N) is 1. The zero-order chi connectivity index (χ0) is 8.55. The first-order chi connectivity index (χ1) is 5.81. The second-order valence-electron chi connectivity index (χ2n) is 3.26. The van der Waals surface area contributed by atoms with E-state index in [0.717, 1.165) is 12.8 Å². The molecule has 0 aromatic heterocycles. The van der Waals surface area contributed by atoms with Gasteiger partial charge in [-0.1, -0.05) is 6.07 Å². The lowest BCUT2D eigenvalue weighted by Gasteiger charge is -2.09. The predicted molar refractivity (Wildman–Crippen MR) is 48.2 cm³/mol. The van der Waals surface area contributed by atoms with Gasteiger partial charge in [0.2, 0.25) is 0 Å². The second kappa shape index (κ2) is 2.79. The standard InChI is InChI=1S/C10H13NO/c1-11-10-5-3-7-2-4-8(12)6-9(7)10/h2,4,6,10-12H,3,5H2,1H3/t10-/m0/s1. The molecule has 2 nitrogen and oxygen atoms in total. The number of aromatic hydroxyl groups is 1. The first kappa shape index (κ1) is 7.62. The zero-order valence-electron chi connectivity index (χ0n) is 7.17. The van der Waals surface area contributed by atoms with Crippen molar-refractivity contribution in [2.45, 2.75) is 18.9 Å². The van der Waals surface area contributed by atoms with Crippen LogP contribution < -0.4 is 5.32 Å². The maximum absolute atomic E-state index is 9.28. The van der Waals surface area contributed by atoms with Gasteiger partial charge in [0.1, 0.15) is 5.75 Å². The molecule has 0 unspecified atom stereocenters. The molecule has 1 aromatic carbocycles. The summed E-state index contributed by atoms with van der Waals surface area (Å²) in [5, 5.41) is 12.5. The molecule has 0 fully saturated rings. The molecule has 2 heteroatoms. The predicted octanol–water partition coefficient (Wildman–Crippen LogP) is 1.60. The lowest BCUT2D eigenvalue weighted by molar-refractivity contribution is 0.473. The summed E-state index contributed by atoms with van der Waals surface area (Å²) in [6.45, 7) is 0. The number of rotatable bonds is 1. The molecule has 0 radical (unpaired) electrons. The van der Waals surface area contributed by atoms with Crippen LogP contribution in [0.3, 0.4) is 0 Å². The van der Waals surface area contributed by atoms with Crippen LogP contribution in [0.4, 0.5) is 0 Å². The number of hydrogen-bond acceptors (Lipinski definition) is 2. The quantitative estimate of drug-likeness (QED) is 0.659. The van der Waals surface area contributed by atoms with Crippen LogP contribution in [-0.2, 0) is 6.42 Å². The molecule has 1 aliphatic carbocycles. The molecule has 2 N–H and O–H groups in total. The fourth-order valence-electron chi connectivity index (χ4n) is 1.89. The van der Waals surface area contributed by atoms with Crippen molar-refractivity contribution in [3.05, 3.63) is 29.3 Å². The van der Waals surface area contributed by atoms with E-state index in [9.17, 15) is 5.11 Å². The molecule has 0 heterocycles. The van der Waals surface area contributed by atoms with Crippen LogP contribution >= 0.6 is 0 Å². The molecule has 0 spiro atoms. The Morgan fingerprint density at radius 3 is 3.08 bits per heavy atom. The average Bonchev–Trinajstić information content (AvgIpc) is 2.46. The normalized spacial score (nSPS) is 20.9. The van der Waals surface area contributed by atoms with Gasteiger partial charge in [-0.3, -0.25) is 0 Å². The van der Waals surface area contributed by atoms with Crippen LogP contribution in [-0.4, -0.2) is 12.2 Å². The highest BCUT2D eigenvalue weighted by atomic mass is 16.3. The lowest BCUT2D eigenvalue weighted by Crippen LogP contribution is -2.12. The Morgan fingerprint density at radius 1 is 1.50 bits per heavy atom. The molecule has 0 aliphatic heterocycles. The molecule has 64 valence electrons. The smallest absolute Gasteiger partial charge is 0.115 e. The Bertz CT molecular complexity index is 296. The van der Waals surface area contributed by atoms with Gasteiger partial charge < -0.3 is 10.4 Å². The summed E-state index contributed by atoms with van der Waals surface area (Å²) in [4.78, 5) is 0. The van der Waals surface area contributed by atoms with Crippen molar-refractivity contribution in [1.29, 1.82) is 0 Å². The highest BCUT2D eigenvalue weighted by molar-refractivity contribution is 5.40. The summed E-state index contributed by atoms with van der Waals surface area (Å²) in [5.74, 6) is 0.371. The van der Waals surface area contributed by atoms with Gasteiger partial charge in [0.25, 0.3) is 0 Å². The van der Waals surface area contributed by atoms with E-state index in [1.54, 1.807) is 6.07 Å². The largest absolute Gasteiger partial charge is 0.508 e. The van der Waals surface area contributed by atoms with Crippen molar-refractivity contribution in [3.63, 3.8) is 0 Å². The summed E-state index contributed by atoms with van der Waals surface area (Å²) in [5.41, 5.74) is 2.63. The topological polar surface area (TPSA) is 32.3 Å².